The summed E-state index contributed by atoms with van der Waals surface area (Å²) in [4.78, 5) is 35.3. The van der Waals surface area contributed by atoms with Gasteiger partial charge in [-0.2, -0.15) is 0 Å². The average molecular weight is 749 g/mol. The Hall–Kier alpha value is -0.990. The SMILES string of the molecule is CCCCCCCCCCCCCCCCC(=O)OC(COC(=O)CCCCCCCCCCCCCCC)COP(=O)(O)OCC[N+](C)(C)C. The maximum absolute atomic E-state index is 12.6. The molecule has 2 unspecified atom stereocenters. The van der Waals surface area contributed by atoms with Crippen molar-refractivity contribution in [3.63, 3.8) is 0 Å². The lowest BCUT2D eigenvalue weighted by molar-refractivity contribution is -0.870. The van der Waals surface area contributed by atoms with E-state index in [4.69, 9.17) is 18.5 Å². The fourth-order valence-electron chi connectivity index (χ4n) is 6.01. The van der Waals surface area contributed by atoms with E-state index in [1.54, 1.807) is 0 Å². The van der Waals surface area contributed by atoms with E-state index in [9.17, 15) is 19.0 Å². The quantitative estimate of drug-likeness (QED) is 0.0286. The summed E-state index contributed by atoms with van der Waals surface area (Å²) in [6.07, 6.45) is 32.8. The molecule has 0 amide bonds. The van der Waals surface area contributed by atoms with Gasteiger partial charge in [-0.1, -0.05) is 174 Å². The van der Waals surface area contributed by atoms with Crippen LogP contribution in [0.3, 0.4) is 0 Å². The van der Waals surface area contributed by atoms with Crippen LogP contribution >= 0.6 is 7.82 Å². The van der Waals surface area contributed by atoms with Crippen LogP contribution in [0.25, 0.3) is 0 Å². The molecule has 0 aromatic rings. The zero-order valence-corrected chi connectivity index (χ0v) is 35.0. The number of ether oxygens (including phenoxy) is 2. The molecule has 0 aliphatic rings. The van der Waals surface area contributed by atoms with E-state index < -0.39 is 26.5 Å². The molecule has 0 saturated heterocycles. The standard InChI is InChI=1S/C41H82NO8P/c1-6-8-10-12-14-16-18-20-22-24-26-28-30-32-34-41(44)50-39(38-49-51(45,46)48-36-35-42(3,4)5)37-47-40(43)33-31-29-27-25-23-21-19-17-15-13-11-9-7-2/h39H,6-38H2,1-5H3/p+1. The molecule has 0 aliphatic carbocycles. The smallest absolute Gasteiger partial charge is 0.462 e. The number of likely N-dealkylation sites (N-methyl/N-ethyl adjacent to an activating group) is 1. The Labute approximate surface area is 314 Å². The minimum atomic E-state index is -4.36. The summed E-state index contributed by atoms with van der Waals surface area (Å²) in [5.41, 5.74) is 0. The molecule has 304 valence electrons. The van der Waals surface area contributed by atoms with Gasteiger partial charge in [0.2, 0.25) is 0 Å². The van der Waals surface area contributed by atoms with Crippen LogP contribution in [-0.2, 0) is 32.7 Å². The molecule has 2 atom stereocenters. The van der Waals surface area contributed by atoms with Gasteiger partial charge in [-0.25, -0.2) is 4.57 Å². The third kappa shape index (κ3) is 38.5. The van der Waals surface area contributed by atoms with Crippen LogP contribution in [0.15, 0.2) is 0 Å². The van der Waals surface area contributed by atoms with Gasteiger partial charge in [0.15, 0.2) is 6.10 Å². The summed E-state index contributed by atoms with van der Waals surface area (Å²) in [7, 11) is 1.49. The maximum atomic E-state index is 12.6. The molecule has 51 heavy (non-hydrogen) atoms. The minimum absolute atomic E-state index is 0.0367. The number of unbranched alkanes of at least 4 members (excludes halogenated alkanes) is 25. The minimum Gasteiger partial charge on any atom is -0.462 e. The van der Waals surface area contributed by atoms with Gasteiger partial charge in [0.05, 0.1) is 27.7 Å². The summed E-state index contributed by atoms with van der Waals surface area (Å²) >= 11 is 0. The van der Waals surface area contributed by atoms with Crippen molar-refractivity contribution in [2.45, 2.75) is 206 Å². The number of hydrogen-bond acceptors (Lipinski definition) is 7. The monoisotopic (exact) mass is 749 g/mol. The van der Waals surface area contributed by atoms with E-state index in [-0.39, 0.29) is 25.6 Å². The molecule has 0 rings (SSSR count). The number of esters is 2. The van der Waals surface area contributed by atoms with Crippen molar-refractivity contribution in [3.8, 4) is 0 Å². The van der Waals surface area contributed by atoms with Crippen molar-refractivity contribution in [2.75, 3.05) is 47.5 Å². The second kappa shape index (κ2) is 34.8. The summed E-state index contributed by atoms with van der Waals surface area (Å²) < 4.78 is 34.3. The third-order valence-corrected chi connectivity index (χ3v) is 10.4. The zero-order chi connectivity index (χ0) is 37.9. The number of quaternary nitrogens is 1. The van der Waals surface area contributed by atoms with Gasteiger partial charge in [-0.05, 0) is 12.8 Å². The van der Waals surface area contributed by atoms with Crippen molar-refractivity contribution in [1.29, 1.82) is 0 Å². The molecule has 0 aromatic carbocycles. The second-order valence-electron chi connectivity index (χ2n) is 15.7. The maximum Gasteiger partial charge on any atom is 0.472 e. The van der Waals surface area contributed by atoms with Crippen LogP contribution in [0, 0.1) is 0 Å². The molecule has 0 bridgehead atoms. The van der Waals surface area contributed by atoms with Crippen LogP contribution in [0.5, 0.6) is 0 Å². The number of phosphoric ester groups is 1. The van der Waals surface area contributed by atoms with E-state index in [1.807, 2.05) is 21.1 Å². The van der Waals surface area contributed by atoms with Gasteiger partial charge in [0, 0.05) is 12.8 Å². The largest absolute Gasteiger partial charge is 0.472 e. The van der Waals surface area contributed by atoms with Gasteiger partial charge in [0.1, 0.15) is 19.8 Å². The van der Waals surface area contributed by atoms with Gasteiger partial charge >= 0.3 is 19.8 Å². The zero-order valence-electron chi connectivity index (χ0n) is 34.1. The topological polar surface area (TPSA) is 108 Å². The Balaban J connectivity index is 4.35. The fraction of sp³-hybridized carbons (Fsp3) is 0.951. The molecule has 9 nitrogen and oxygen atoms in total. The number of phosphoric acid groups is 1. The lowest BCUT2D eigenvalue weighted by Crippen LogP contribution is -2.37. The normalized spacial score (nSPS) is 13.6. The van der Waals surface area contributed by atoms with Crippen LogP contribution < -0.4 is 0 Å². The highest BCUT2D eigenvalue weighted by Crippen LogP contribution is 2.43. The molecule has 1 N–H and O–H groups in total. The number of carbonyl (C=O) groups excluding carboxylic acids is 2. The fourth-order valence-corrected chi connectivity index (χ4v) is 6.76. The predicted octanol–water partition coefficient (Wildman–Crippen LogP) is 11.6. The van der Waals surface area contributed by atoms with Crippen molar-refractivity contribution in [1.82, 2.24) is 0 Å². The Morgan fingerprint density at radius 2 is 0.882 bits per heavy atom. The molecule has 0 aliphatic heterocycles. The molecule has 0 heterocycles. The average Bonchev–Trinajstić information content (AvgIpc) is 3.07. The Bertz CT molecular complexity index is 850. The summed E-state index contributed by atoms with van der Waals surface area (Å²) in [6, 6.07) is 0. The first-order chi connectivity index (χ1) is 24.5. The molecule has 0 radical (unpaired) electrons. The van der Waals surface area contributed by atoms with Crippen molar-refractivity contribution < 1.29 is 42.1 Å². The first-order valence-corrected chi connectivity index (χ1v) is 22.8. The highest BCUT2D eigenvalue weighted by Gasteiger charge is 2.27. The van der Waals surface area contributed by atoms with Crippen molar-refractivity contribution in [2.24, 2.45) is 0 Å². The molecule has 10 heteroatoms. The molecular formula is C41H83NO8P+. The number of nitrogens with zero attached hydrogens (tertiary/aromatic N) is 1. The van der Waals surface area contributed by atoms with E-state index >= 15 is 0 Å². The van der Waals surface area contributed by atoms with Gasteiger partial charge in [-0.3, -0.25) is 18.6 Å². The molecule has 0 fully saturated rings. The first kappa shape index (κ1) is 50.0. The molecule has 0 aromatic heterocycles. The Morgan fingerprint density at radius 3 is 1.25 bits per heavy atom. The van der Waals surface area contributed by atoms with Gasteiger partial charge < -0.3 is 18.9 Å². The highest BCUT2D eigenvalue weighted by molar-refractivity contribution is 7.47. The van der Waals surface area contributed by atoms with Crippen LogP contribution in [0.4, 0.5) is 0 Å². The van der Waals surface area contributed by atoms with E-state index in [0.717, 1.165) is 38.5 Å². The van der Waals surface area contributed by atoms with Gasteiger partial charge in [-0.15, -0.1) is 0 Å². The van der Waals surface area contributed by atoms with Crippen LogP contribution in [-0.4, -0.2) is 74.9 Å². The molecular weight excluding hydrogens is 665 g/mol. The molecule has 0 spiro atoms. The highest BCUT2D eigenvalue weighted by atomic mass is 31.2. The van der Waals surface area contributed by atoms with Gasteiger partial charge in [0.25, 0.3) is 0 Å². The van der Waals surface area contributed by atoms with E-state index in [2.05, 4.69) is 13.8 Å². The summed E-state index contributed by atoms with van der Waals surface area (Å²) in [5, 5.41) is 0. The Kier molecular flexibility index (Phi) is 34.1. The van der Waals surface area contributed by atoms with E-state index in [1.165, 1.54) is 135 Å². The molecule has 0 saturated carbocycles. The first-order valence-electron chi connectivity index (χ1n) is 21.3. The van der Waals surface area contributed by atoms with Crippen molar-refractivity contribution >= 4 is 19.8 Å². The number of carbonyl (C=O) groups is 2. The predicted molar refractivity (Wildman–Crippen MR) is 211 cm³/mol. The lowest BCUT2D eigenvalue weighted by atomic mass is 10.0. The Morgan fingerprint density at radius 1 is 0.529 bits per heavy atom. The summed E-state index contributed by atoms with van der Waals surface area (Å²) in [5.74, 6) is -0.786. The summed E-state index contributed by atoms with van der Waals surface area (Å²) in [6.45, 7) is 4.44. The number of rotatable bonds is 39. The van der Waals surface area contributed by atoms with Crippen LogP contribution in [0.2, 0.25) is 0 Å². The number of hydrogen-bond donors (Lipinski definition) is 1. The second-order valence-corrected chi connectivity index (χ2v) is 17.2. The van der Waals surface area contributed by atoms with Crippen molar-refractivity contribution in [3.05, 3.63) is 0 Å². The third-order valence-electron chi connectivity index (χ3n) is 9.39. The van der Waals surface area contributed by atoms with Crippen LogP contribution in [0.1, 0.15) is 200 Å². The lowest BCUT2D eigenvalue weighted by Gasteiger charge is -2.24. The van der Waals surface area contributed by atoms with E-state index in [0.29, 0.717) is 17.4 Å².